The molecule has 1 aromatic carbocycles. The van der Waals surface area contributed by atoms with E-state index in [1.54, 1.807) is 4.90 Å². The van der Waals surface area contributed by atoms with Crippen molar-refractivity contribution < 1.29 is 14.3 Å². The SMILES string of the molecule is CCC1(CC)CC(NC(=O)C2C[C@@H]2CN2C(=O)CC(C)(C)N=C2N)c2ccccc2O1. The number of amides is 2. The predicted molar refractivity (Wildman–Crippen MR) is 120 cm³/mol. The Bertz CT molecular complexity index is 906. The summed E-state index contributed by atoms with van der Waals surface area (Å²) in [5.41, 5.74) is 6.37. The Hall–Kier alpha value is -2.57. The summed E-state index contributed by atoms with van der Waals surface area (Å²) in [5, 5.41) is 3.28. The van der Waals surface area contributed by atoms with E-state index >= 15 is 0 Å². The maximum Gasteiger partial charge on any atom is 0.231 e. The lowest BCUT2D eigenvalue weighted by Gasteiger charge is -2.41. The Morgan fingerprint density at radius 2 is 2.00 bits per heavy atom. The molecule has 0 radical (unpaired) electrons. The Morgan fingerprint density at radius 1 is 1.29 bits per heavy atom. The van der Waals surface area contributed by atoms with Crippen LogP contribution in [0.2, 0.25) is 0 Å². The third-order valence-electron chi connectivity index (χ3n) is 7.06. The lowest BCUT2D eigenvalue weighted by atomic mass is 9.83. The second-order valence-electron chi connectivity index (χ2n) is 9.86. The fraction of sp³-hybridized carbons (Fsp3) is 0.625. The van der Waals surface area contributed by atoms with E-state index in [0.717, 1.165) is 37.0 Å². The van der Waals surface area contributed by atoms with Gasteiger partial charge in [-0.05, 0) is 45.1 Å². The first-order valence-electron chi connectivity index (χ1n) is 11.4. The first kappa shape index (κ1) is 21.7. The number of carbonyl (C=O) groups excluding carboxylic acids is 2. The van der Waals surface area contributed by atoms with E-state index in [1.165, 1.54) is 0 Å². The number of para-hydroxylation sites is 1. The van der Waals surface area contributed by atoms with Gasteiger partial charge in [0.2, 0.25) is 11.8 Å². The van der Waals surface area contributed by atoms with E-state index in [2.05, 4.69) is 24.2 Å². The molecule has 2 unspecified atom stereocenters. The van der Waals surface area contributed by atoms with Crippen molar-refractivity contribution >= 4 is 17.8 Å². The fourth-order valence-electron chi connectivity index (χ4n) is 4.91. The van der Waals surface area contributed by atoms with Gasteiger partial charge in [0.05, 0.1) is 18.0 Å². The van der Waals surface area contributed by atoms with Gasteiger partial charge in [0, 0.05) is 24.4 Å². The van der Waals surface area contributed by atoms with E-state index in [0.29, 0.717) is 13.0 Å². The van der Waals surface area contributed by atoms with Crippen LogP contribution in [0.3, 0.4) is 0 Å². The van der Waals surface area contributed by atoms with Gasteiger partial charge in [-0.15, -0.1) is 0 Å². The lowest BCUT2D eigenvalue weighted by Crippen LogP contribution is -2.50. The van der Waals surface area contributed by atoms with Crippen molar-refractivity contribution in [1.29, 1.82) is 0 Å². The Balaban J connectivity index is 1.42. The quantitative estimate of drug-likeness (QED) is 0.730. The zero-order chi connectivity index (χ0) is 22.4. The first-order valence-corrected chi connectivity index (χ1v) is 11.4. The second kappa shape index (κ2) is 7.84. The average Bonchev–Trinajstić information content (AvgIpc) is 3.49. The van der Waals surface area contributed by atoms with Crippen LogP contribution in [-0.4, -0.2) is 40.4 Å². The average molecular weight is 427 g/mol. The Morgan fingerprint density at radius 3 is 2.68 bits per heavy atom. The molecule has 168 valence electrons. The highest BCUT2D eigenvalue weighted by atomic mass is 16.5. The number of aliphatic imine (C=N–C) groups is 1. The van der Waals surface area contributed by atoms with Crippen LogP contribution in [0, 0.1) is 11.8 Å². The minimum Gasteiger partial charge on any atom is -0.487 e. The van der Waals surface area contributed by atoms with Crippen LogP contribution in [0.15, 0.2) is 29.3 Å². The molecule has 3 N–H and O–H groups in total. The number of nitrogens with two attached hydrogens (primary N) is 1. The number of fused-ring (bicyclic) bond motifs is 1. The van der Waals surface area contributed by atoms with Crippen LogP contribution in [0.1, 0.15) is 71.4 Å². The summed E-state index contributed by atoms with van der Waals surface area (Å²) in [6.07, 6.45) is 3.65. The summed E-state index contributed by atoms with van der Waals surface area (Å²) in [7, 11) is 0. The van der Waals surface area contributed by atoms with Gasteiger partial charge in [-0.2, -0.15) is 0 Å². The molecule has 3 aliphatic rings. The number of rotatable bonds is 6. The van der Waals surface area contributed by atoms with Crippen LogP contribution in [0.5, 0.6) is 5.75 Å². The van der Waals surface area contributed by atoms with Gasteiger partial charge in [-0.25, -0.2) is 4.99 Å². The van der Waals surface area contributed by atoms with Gasteiger partial charge in [0.1, 0.15) is 11.4 Å². The Labute approximate surface area is 184 Å². The molecule has 2 aliphatic heterocycles. The monoisotopic (exact) mass is 426 g/mol. The van der Waals surface area contributed by atoms with Crippen LogP contribution in [-0.2, 0) is 9.59 Å². The number of nitrogens with one attached hydrogen (secondary N) is 1. The third kappa shape index (κ3) is 4.27. The minimum absolute atomic E-state index is 0.0161. The molecule has 3 atom stereocenters. The molecule has 0 spiro atoms. The first-order chi connectivity index (χ1) is 14.7. The van der Waals surface area contributed by atoms with Crippen molar-refractivity contribution in [3.8, 4) is 5.75 Å². The summed E-state index contributed by atoms with van der Waals surface area (Å²) < 4.78 is 6.35. The molecular weight excluding hydrogens is 392 g/mol. The molecule has 1 aromatic rings. The maximum atomic E-state index is 13.1. The molecule has 1 saturated carbocycles. The van der Waals surface area contributed by atoms with E-state index < -0.39 is 5.54 Å². The summed E-state index contributed by atoms with van der Waals surface area (Å²) in [4.78, 5) is 31.6. The van der Waals surface area contributed by atoms with Crippen LogP contribution in [0.4, 0.5) is 0 Å². The normalized spacial score (nSPS) is 28.3. The minimum atomic E-state index is -0.459. The highest BCUT2D eigenvalue weighted by Gasteiger charge is 2.47. The number of ether oxygens (including phenoxy) is 1. The summed E-state index contributed by atoms with van der Waals surface area (Å²) >= 11 is 0. The number of nitrogens with zero attached hydrogens (tertiary/aromatic N) is 2. The van der Waals surface area contributed by atoms with Gasteiger partial charge >= 0.3 is 0 Å². The largest absolute Gasteiger partial charge is 0.487 e. The smallest absolute Gasteiger partial charge is 0.231 e. The van der Waals surface area contributed by atoms with Crippen molar-refractivity contribution in [2.24, 2.45) is 22.6 Å². The van der Waals surface area contributed by atoms with Crippen LogP contribution < -0.4 is 15.8 Å². The maximum absolute atomic E-state index is 13.1. The van der Waals surface area contributed by atoms with Gasteiger partial charge in [-0.3, -0.25) is 14.5 Å². The molecule has 7 nitrogen and oxygen atoms in total. The summed E-state index contributed by atoms with van der Waals surface area (Å²) in [5.74, 6) is 1.19. The van der Waals surface area contributed by atoms with Gasteiger partial charge < -0.3 is 15.8 Å². The topological polar surface area (TPSA) is 97.0 Å². The highest BCUT2D eigenvalue weighted by molar-refractivity contribution is 5.99. The van der Waals surface area contributed by atoms with E-state index in [4.69, 9.17) is 10.5 Å². The third-order valence-corrected chi connectivity index (χ3v) is 7.06. The molecule has 4 rings (SSSR count). The molecule has 0 saturated heterocycles. The van der Waals surface area contributed by atoms with E-state index in [1.807, 2.05) is 38.1 Å². The molecule has 0 bridgehead atoms. The molecule has 7 heteroatoms. The number of hydrogen-bond acceptors (Lipinski definition) is 5. The van der Waals surface area contributed by atoms with Crippen LogP contribution >= 0.6 is 0 Å². The summed E-state index contributed by atoms with van der Waals surface area (Å²) in [6, 6.07) is 7.91. The molecule has 2 amide bonds. The lowest BCUT2D eigenvalue weighted by molar-refractivity contribution is -0.130. The number of guanidine groups is 1. The van der Waals surface area contributed by atoms with Crippen molar-refractivity contribution in [3.63, 3.8) is 0 Å². The van der Waals surface area contributed by atoms with E-state index in [9.17, 15) is 9.59 Å². The zero-order valence-corrected chi connectivity index (χ0v) is 19.0. The molecule has 0 aromatic heterocycles. The highest BCUT2D eigenvalue weighted by Crippen LogP contribution is 2.45. The molecule has 31 heavy (non-hydrogen) atoms. The van der Waals surface area contributed by atoms with Crippen LogP contribution in [0.25, 0.3) is 0 Å². The molecular formula is C24H34N4O3. The van der Waals surface area contributed by atoms with Crippen molar-refractivity contribution in [3.05, 3.63) is 29.8 Å². The van der Waals surface area contributed by atoms with Gasteiger partial charge in [0.15, 0.2) is 5.96 Å². The van der Waals surface area contributed by atoms with Crippen molar-refractivity contribution in [2.75, 3.05) is 6.54 Å². The summed E-state index contributed by atoms with van der Waals surface area (Å²) in [6.45, 7) is 8.54. The number of hydrogen-bond donors (Lipinski definition) is 2. The molecule has 2 heterocycles. The standard InChI is InChI=1S/C24H34N4O3/c1-5-24(6-2)12-18(16-9-7-8-10-19(16)31-24)26-21(30)17-11-15(17)14-28-20(29)13-23(3,4)27-22(28)25/h7-10,15,17-18H,5-6,11-14H2,1-4H3,(H2,25,27)(H,26,30)/t15-,17?,18?/m1/s1. The van der Waals surface area contributed by atoms with E-state index in [-0.39, 0.29) is 41.3 Å². The number of benzene rings is 1. The van der Waals surface area contributed by atoms with Gasteiger partial charge in [-0.1, -0.05) is 32.0 Å². The van der Waals surface area contributed by atoms with Gasteiger partial charge in [0.25, 0.3) is 0 Å². The zero-order valence-electron chi connectivity index (χ0n) is 19.0. The molecule has 1 fully saturated rings. The molecule has 1 aliphatic carbocycles. The fourth-order valence-corrected chi connectivity index (χ4v) is 4.91. The predicted octanol–water partition coefficient (Wildman–Crippen LogP) is 3.15. The van der Waals surface area contributed by atoms with Crippen molar-refractivity contribution in [2.45, 2.75) is 77.0 Å². The Kier molecular flexibility index (Phi) is 5.48. The van der Waals surface area contributed by atoms with Crippen molar-refractivity contribution in [1.82, 2.24) is 10.2 Å². The second-order valence-corrected chi connectivity index (χ2v) is 9.86. The number of carbonyl (C=O) groups is 2.